The molecule has 53 heavy (non-hydrogen) atoms. The van der Waals surface area contributed by atoms with Crippen LogP contribution < -0.4 is 25.8 Å². The van der Waals surface area contributed by atoms with Gasteiger partial charge < -0.3 is 25.8 Å². The minimum atomic E-state index is -4.19. The summed E-state index contributed by atoms with van der Waals surface area (Å²) < 4.78 is 42.0. The number of rotatable bonds is 7. The Morgan fingerprint density at radius 1 is 0.679 bits per heavy atom. The normalized spacial score (nSPS) is 28.2. The molecule has 4 fully saturated rings. The van der Waals surface area contributed by atoms with Crippen LogP contribution in [0.1, 0.15) is 27.7 Å². The summed E-state index contributed by atoms with van der Waals surface area (Å²) in [4.78, 5) is 23.6. The minimum absolute atomic E-state index is 0.234. The molecule has 0 spiro atoms. The van der Waals surface area contributed by atoms with Gasteiger partial charge in [0.1, 0.15) is 10.0 Å². The van der Waals surface area contributed by atoms with Gasteiger partial charge in [0.05, 0.1) is 42.7 Å². The molecule has 0 bridgehead atoms. The third kappa shape index (κ3) is 7.44. The monoisotopic (exact) mass is 776 g/mol. The zero-order chi connectivity index (χ0) is 38.0. The van der Waals surface area contributed by atoms with E-state index in [1.54, 1.807) is 34.2 Å². The van der Waals surface area contributed by atoms with Crippen LogP contribution in [0.5, 0.6) is 0 Å². The van der Waals surface area contributed by atoms with Gasteiger partial charge in [0, 0.05) is 101 Å². The molecule has 8 rings (SSSR count). The van der Waals surface area contributed by atoms with E-state index in [9.17, 15) is 13.2 Å². The van der Waals surface area contributed by atoms with Crippen molar-refractivity contribution >= 4 is 58.1 Å². The molecule has 4 aliphatic rings. The predicted molar refractivity (Wildman–Crippen MR) is 199 cm³/mol. The van der Waals surface area contributed by atoms with E-state index in [1.807, 2.05) is 34.1 Å². The lowest BCUT2D eigenvalue weighted by molar-refractivity contribution is -0.144. The summed E-state index contributed by atoms with van der Waals surface area (Å²) in [5.41, 5.74) is 1.50. The SMILES string of the molecule is Cn1cc(Nc2ncc(Cl)c(N3C[C@]4(C)CN(CC(F)(F)F)C[C@]4(C)C3)n2)cn1.Cn1cc(Nc2ncc(Cl)c(N3C[C@]4(C)CNC[C@]4(C)C3)n2)cn1. The Labute approximate surface area is 316 Å². The van der Waals surface area contributed by atoms with Crippen molar-refractivity contribution in [2.24, 2.45) is 35.8 Å². The van der Waals surface area contributed by atoms with E-state index >= 15 is 0 Å². The van der Waals surface area contributed by atoms with E-state index in [0.29, 0.717) is 53.9 Å². The number of aromatic nitrogens is 8. The van der Waals surface area contributed by atoms with Crippen molar-refractivity contribution in [2.75, 3.05) is 79.3 Å². The van der Waals surface area contributed by atoms with E-state index in [-0.39, 0.29) is 21.7 Å². The molecular formula is C34H45Cl2F3N14. The van der Waals surface area contributed by atoms with Crippen LogP contribution in [0.4, 0.5) is 48.1 Å². The molecule has 4 saturated heterocycles. The Hall–Kier alpha value is -3.93. The predicted octanol–water partition coefficient (Wildman–Crippen LogP) is 5.36. The largest absolute Gasteiger partial charge is 0.401 e. The van der Waals surface area contributed by atoms with Gasteiger partial charge in [0.15, 0.2) is 11.6 Å². The maximum absolute atomic E-state index is 12.9. The molecule has 4 atom stereocenters. The Balaban J connectivity index is 0.000000167. The molecule has 0 aromatic carbocycles. The van der Waals surface area contributed by atoms with E-state index in [1.165, 1.54) is 11.1 Å². The van der Waals surface area contributed by atoms with E-state index in [2.05, 4.69) is 69.7 Å². The molecular weight excluding hydrogens is 732 g/mol. The van der Waals surface area contributed by atoms with Gasteiger partial charge in [-0.3, -0.25) is 14.3 Å². The average Bonchev–Trinajstić information content (AvgIpc) is 3.86. The first-order chi connectivity index (χ1) is 24.8. The van der Waals surface area contributed by atoms with Crippen molar-refractivity contribution in [1.82, 2.24) is 49.7 Å². The second kappa shape index (κ2) is 13.4. The molecule has 8 heterocycles. The number of halogens is 5. The molecule has 0 aliphatic carbocycles. The maximum atomic E-state index is 12.9. The van der Waals surface area contributed by atoms with Crippen LogP contribution in [-0.2, 0) is 14.1 Å². The number of alkyl halides is 3. The van der Waals surface area contributed by atoms with E-state index in [4.69, 9.17) is 23.2 Å². The van der Waals surface area contributed by atoms with Crippen LogP contribution in [0.15, 0.2) is 37.2 Å². The third-order valence-electron chi connectivity index (χ3n) is 11.6. The first kappa shape index (κ1) is 37.4. The summed E-state index contributed by atoms with van der Waals surface area (Å²) in [6.45, 7) is 13.8. The number of nitrogens with zero attached hydrogens (tertiary/aromatic N) is 11. The first-order valence-corrected chi connectivity index (χ1v) is 18.2. The summed E-state index contributed by atoms with van der Waals surface area (Å²) in [5.74, 6) is 2.32. The second-order valence-corrected chi connectivity index (χ2v) is 16.9. The number of hydrogen-bond acceptors (Lipinski definition) is 12. The van der Waals surface area contributed by atoms with E-state index < -0.39 is 12.7 Å². The van der Waals surface area contributed by atoms with Gasteiger partial charge in [-0.1, -0.05) is 50.9 Å². The topological polar surface area (TPSA) is 133 Å². The third-order valence-corrected chi connectivity index (χ3v) is 12.2. The molecule has 14 nitrogen and oxygen atoms in total. The van der Waals surface area contributed by atoms with Gasteiger partial charge in [-0.15, -0.1) is 0 Å². The fourth-order valence-corrected chi connectivity index (χ4v) is 8.83. The summed E-state index contributed by atoms with van der Waals surface area (Å²) in [6, 6.07) is 0. The molecule has 0 radical (unpaired) electrons. The van der Waals surface area contributed by atoms with Crippen LogP contribution >= 0.6 is 23.2 Å². The van der Waals surface area contributed by atoms with Gasteiger partial charge in [0.2, 0.25) is 11.9 Å². The highest BCUT2D eigenvalue weighted by Crippen LogP contribution is 2.53. The lowest BCUT2D eigenvalue weighted by Crippen LogP contribution is -2.37. The quantitative estimate of drug-likeness (QED) is 0.223. The van der Waals surface area contributed by atoms with Crippen molar-refractivity contribution in [1.29, 1.82) is 0 Å². The molecule has 4 aliphatic heterocycles. The van der Waals surface area contributed by atoms with Crippen LogP contribution in [0.2, 0.25) is 10.0 Å². The lowest BCUT2D eigenvalue weighted by atomic mass is 9.71. The molecule has 0 amide bonds. The number of hydrogen-bond donors (Lipinski definition) is 3. The highest BCUT2D eigenvalue weighted by atomic mass is 35.5. The number of fused-ring (bicyclic) bond motifs is 2. The highest BCUT2D eigenvalue weighted by molar-refractivity contribution is 6.33. The van der Waals surface area contributed by atoms with E-state index in [0.717, 1.165) is 43.4 Å². The van der Waals surface area contributed by atoms with Crippen molar-refractivity contribution < 1.29 is 13.2 Å². The van der Waals surface area contributed by atoms with Crippen LogP contribution in [0.3, 0.4) is 0 Å². The van der Waals surface area contributed by atoms with Crippen molar-refractivity contribution in [3.63, 3.8) is 0 Å². The van der Waals surface area contributed by atoms with Gasteiger partial charge in [-0.05, 0) is 0 Å². The van der Waals surface area contributed by atoms with Gasteiger partial charge in [-0.25, -0.2) is 9.97 Å². The minimum Gasteiger partial charge on any atom is -0.354 e. The molecule has 19 heteroatoms. The fourth-order valence-electron chi connectivity index (χ4n) is 8.41. The Morgan fingerprint density at radius 2 is 1.09 bits per heavy atom. The summed E-state index contributed by atoms with van der Waals surface area (Å²) in [6.07, 6.45) is 6.10. The number of likely N-dealkylation sites (tertiary alicyclic amines) is 1. The van der Waals surface area contributed by atoms with Gasteiger partial charge in [-0.2, -0.15) is 33.3 Å². The first-order valence-electron chi connectivity index (χ1n) is 17.4. The Bertz CT molecular complexity index is 1930. The highest BCUT2D eigenvalue weighted by Gasteiger charge is 2.59. The van der Waals surface area contributed by atoms with Crippen LogP contribution in [0.25, 0.3) is 0 Å². The van der Waals surface area contributed by atoms with Gasteiger partial charge >= 0.3 is 6.18 Å². The Morgan fingerprint density at radius 3 is 1.47 bits per heavy atom. The molecule has 3 N–H and O–H groups in total. The zero-order valence-corrected chi connectivity index (χ0v) is 32.1. The van der Waals surface area contributed by atoms with Crippen LogP contribution in [0, 0.1) is 21.7 Å². The molecule has 0 saturated carbocycles. The smallest absolute Gasteiger partial charge is 0.354 e. The molecule has 286 valence electrons. The summed E-state index contributed by atoms with van der Waals surface area (Å²) in [7, 11) is 3.68. The number of aryl methyl sites for hydroxylation is 2. The van der Waals surface area contributed by atoms with Gasteiger partial charge in [0.25, 0.3) is 0 Å². The summed E-state index contributed by atoms with van der Waals surface area (Å²) >= 11 is 12.8. The molecule has 4 aromatic heterocycles. The van der Waals surface area contributed by atoms with Crippen molar-refractivity contribution in [2.45, 2.75) is 33.9 Å². The second-order valence-electron chi connectivity index (χ2n) is 16.1. The zero-order valence-electron chi connectivity index (χ0n) is 30.6. The van der Waals surface area contributed by atoms with Crippen molar-refractivity contribution in [3.8, 4) is 0 Å². The van der Waals surface area contributed by atoms with Crippen LogP contribution in [-0.4, -0.2) is 109 Å². The summed E-state index contributed by atoms with van der Waals surface area (Å²) in [5, 5.41) is 19.0. The molecule has 0 unspecified atom stereocenters. The number of anilines is 6. The lowest BCUT2D eigenvalue weighted by Gasteiger charge is -2.30. The maximum Gasteiger partial charge on any atom is 0.401 e. The standard InChI is InChI=1S/C18H23ClF3N7.C16H22ClN7/c1-16-7-28(11-18(20,21)22)8-17(16,2)10-29(9-16)14-13(19)5-23-15(26-14)25-12-4-24-27(3)6-12;1-15-7-18-8-16(15,2)10-24(9-15)13-12(17)5-19-14(22-13)21-11-4-20-23(3)6-11/h4-6H,7-11H2,1-3H3,(H,23,25,26);4-6,18H,7-10H2,1-3H3,(H,19,21,22)/t16-,17+;15-,16+. The average molecular weight is 778 g/mol. The fraction of sp³-hybridized carbons (Fsp3) is 0.588. The molecule has 4 aromatic rings. The van der Waals surface area contributed by atoms with Crippen molar-refractivity contribution in [3.05, 3.63) is 47.2 Å². The Kier molecular flexibility index (Phi) is 9.47. The number of nitrogens with one attached hydrogen (secondary N) is 3.